The number of ether oxygens (including phenoxy) is 1. The smallest absolute Gasteiger partial charge is 0.240 e. The zero-order chi connectivity index (χ0) is 17.7. The molecule has 0 radical (unpaired) electrons. The first-order chi connectivity index (χ1) is 11.3. The van der Waals surface area contributed by atoms with E-state index in [1.54, 1.807) is 0 Å². The van der Waals surface area contributed by atoms with Crippen LogP contribution >= 0.6 is 0 Å². The summed E-state index contributed by atoms with van der Waals surface area (Å²) in [5.41, 5.74) is 2.22. The fraction of sp³-hybridized carbons (Fsp3) is 0.235. The first-order valence-electron chi connectivity index (χ1n) is 7.33. The third-order valence-corrected chi connectivity index (χ3v) is 4.90. The number of carbonyl (C=O) groups is 1. The maximum atomic E-state index is 12.5. The molecule has 0 aliphatic carbocycles. The quantitative estimate of drug-likeness (QED) is 0.840. The van der Waals surface area contributed by atoms with Crippen molar-refractivity contribution in [1.29, 1.82) is 0 Å². The molecule has 24 heavy (non-hydrogen) atoms. The summed E-state index contributed by atoms with van der Waals surface area (Å²) in [6.45, 7) is 3.46. The maximum absolute atomic E-state index is 12.5. The molecule has 0 heterocycles. The predicted octanol–water partition coefficient (Wildman–Crippen LogP) is 2.44. The summed E-state index contributed by atoms with van der Waals surface area (Å²) in [5.74, 6) is 0.0822. The van der Waals surface area contributed by atoms with Crippen LogP contribution in [0.15, 0.2) is 47.4 Å². The molecule has 1 amide bonds. The number of hydrogen-bond acceptors (Lipinski definition) is 4. The molecular weight excluding hydrogens is 328 g/mol. The van der Waals surface area contributed by atoms with E-state index in [2.05, 4.69) is 10.0 Å². The van der Waals surface area contributed by atoms with Crippen molar-refractivity contribution in [1.82, 2.24) is 4.72 Å². The zero-order valence-corrected chi connectivity index (χ0v) is 14.6. The van der Waals surface area contributed by atoms with Crippen molar-refractivity contribution >= 4 is 21.6 Å². The van der Waals surface area contributed by atoms with Gasteiger partial charge in [-0.05, 0) is 36.2 Å². The van der Waals surface area contributed by atoms with E-state index in [4.69, 9.17) is 4.74 Å². The number of anilines is 1. The molecule has 2 aromatic carbocycles. The van der Waals surface area contributed by atoms with Crippen LogP contribution in [0.3, 0.4) is 0 Å². The monoisotopic (exact) mass is 348 g/mol. The van der Waals surface area contributed by atoms with Crippen molar-refractivity contribution in [3.63, 3.8) is 0 Å². The number of amides is 1. The number of sulfonamides is 1. The highest BCUT2D eigenvalue weighted by molar-refractivity contribution is 7.89. The Labute approximate surface area is 141 Å². The molecule has 6 nitrogen and oxygen atoms in total. The second-order valence-corrected chi connectivity index (χ2v) is 7.06. The average molecular weight is 348 g/mol. The van der Waals surface area contributed by atoms with E-state index in [0.29, 0.717) is 11.4 Å². The maximum Gasteiger partial charge on any atom is 0.240 e. The number of nitrogens with one attached hydrogen (secondary N) is 2. The number of rotatable bonds is 6. The number of hydrogen-bond donors (Lipinski definition) is 2. The van der Waals surface area contributed by atoms with Gasteiger partial charge in [0, 0.05) is 13.5 Å². The lowest BCUT2D eigenvalue weighted by atomic mass is 10.1. The minimum atomic E-state index is -3.72. The normalized spacial score (nSPS) is 11.1. The van der Waals surface area contributed by atoms with Gasteiger partial charge in [0.05, 0.1) is 17.7 Å². The third-order valence-electron chi connectivity index (χ3n) is 3.51. The highest BCUT2D eigenvalue weighted by Gasteiger charge is 2.17. The third kappa shape index (κ3) is 4.33. The SMILES string of the molecule is COc1ccc(S(=O)(=O)NCc2ccccc2C)cc1NC(C)=O. The van der Waals surface area contributed by atoms with Gasteiger partial charge in [0.15, 0.2) is 0 Å². The molecule has 128 valence electrons. The van der Waals surface area contributed by atoms with Crippen molar-refractivity contribution in [2.45, 2.75) is 25.3 Å². The number of benzene rings is 2. The van der Waals surface area contributed by atoms with Gasteiger partial charge in [0.1, 0.15) is 5.75 Å². The van der Waals surface area contributed by atoms with Crippen LogP contribution in [0.25, 0.3) is 0 Å². The molecule has 0 aliphatic rings. The zero-order valence-electron chi connectivity index (χ0n) is 13.8. The molecule has 2 rings (SSSR count). The van der Waals surface area contributed by atoms with Crippen LogP contribution in [-0.4, -0.2) is 21.4 Å². The Kier molecular flexibility index (Phi) is 5.58. The van der Waals surface area contributed by atoms with Crippen LogP contribution in [0.2, 0.25) is 0 Å². The molecule has 7 heteroatoms. The molecule has 0 spiro atoms. The van der Waals surface area contributed by atoms with Crippen LogP contribution in [0.4, 0.5) is 5.69 Å². The van der Waals surface area contributed by atoms with Gasteiger partial charge in [-0.1, -0.05) is 24.3 Å². The molecule has 2 N–H and O–H groups in total. The van der Waals surface area contributed by atoms with Crippen LogP contribution in [0, 0.1) is 6.92 Å². The van der Waals surface area contributed by atoms with Crippen molar-refractivity contribution in [2.24, 2.45) is 0 Å². The Morgan fingerprint density at radius 2 is 1.88 bits per heavy atom. The van der Waals surface area contributed by atoms with Crippen molar-refractivity contribution in [2.75, 3.05) is 12.4 Å². The molecule has 0 saturated heterocycles. The number of carbonyl (C=O) groups excluding carboxylic acids is 1. The molecule has 0 aliphatic heterocycles. The molecule has 0 bridgehead atoms. The van der Waals surface area contributed by atoms with Crippen LogP contribution < -0.4 is 14.8 Å². The highest BCUT2D eigenvalue weighted by Crippen LogP contribution is 2.27. The Morgan fingerprint density at radius 1 is 1.17 bits per heavy atom. The van der Waals surface area contributed by atoms with Crippen molar-refractivity contribution in [3.05, 3.63) is 53.6 Å². The van der Waals surface area contributed by atoms with Crippen LogP contribution in [0.5, 0.6) is 5.75 Å². The standard InChI is InChI=1S/C17H20N2O4S/c1-12-6-4-5-7-14(12)11-18-24(21,22)15-8-9-17(23-3)16(10-15)19-13(2)20/h4-10,18H,11H2,1-3H3,(H,19,20). The van der Waals surface area contributed by atoms with Crippen molar-refractivity contribution < 1.29 is 17.9 Å². The average Bonchev–Trinajstić information content (AvgIpc) is 2.53. The molecule has 0 saturated carbocycles. The Bertz CT molecular complexity index is 847. The first kappa shape index (κ1) is 18.0. The van der Waals surface area contributed by atoms with Gasteiger partial charge in [-0.25, -0.2) is 13.1 Å². The summed E-state index contributed by atoms with van der Waals surface area (Å²) in [6.07, 6.45) is 0. The molecule has 0 unspecified atom stereocenters. The number of methoxy groups -OCH3 is 1. The second-order valence-electron chi connectivity index (χ2n) is 5.29. The van der Waals surface area contributed by atoms with E-state index in [0.717, 1.165) is 11.1 Å². The summed E-state index contributed by atoms with van der Waals surface area (Å²) in [4.78, 5) is 11.3. The Hall–Kier alpha value is -2.38. The summed E-state index contributed by atoms with van der Waals surface area (Å²) < 4.78 is 32.7. The predicted molar refractivity (Wildman–Crippen MR) is 92.5 cm³/mol. The van der Waals surface area contributed by atoms with E-state index in [1.165, 1.54) is 32.2 Å². The van der Waals surface area contributed by atoms with Gasteiger partial charge in [-0.3, -0.25) is 4.79 Å². The van der Waals surface area contributed by atoms with Gasteiger partial charge in [0.25, 0.3) is 0 Å². The Morgan fingerprint density at radius 3 is 2.50 bits per heavy atom. The molecule has 0 fully saturated rings. The lowest BCUT2D eigenvalue weighted by molar-refractivity contribution is -0.114. The summed E-state index contributed by atoms with van der Waals surface area (Å²) >= 11 is 0. The van der Waals surface area contributed by atoms with Gasteiger partial charge in [-0.15, -0.1) is 0 Å². The molecule has 2 aromatic rings. The van der Waals surface area contributed by atoms with Gasteiger partial charge in [0.2, 0.25) is 15.9 Å². The summed E-state index contributed by atoms with van der Waals surface area (Å²) in [6, 6.07) is 11.9. The topological polar surface area (TPSA) is 84.5 Å². The highest BCUT2D eigenvalue weighted by atomic mass is 32.2. The fourth-order valence-electron chi connectivity index (χ4n) is 2.21. The lowest BCUT2D eigenvalue weighted by Gasteiger charge is -2.12. The van der Waals surface area contributed by atoms with Gasteiger partial charge >= 0.3 is 0 Å². The fourth-order valence-corrected chi connectivity index (χ4v) is 3.24. The van der Waals surface area contributed by atoms with Gasteiger partial charge < -0.3 is 10.1 Å². The minimum absolute atomic E-state index is 0.0561. The van der Waals surface area contributed by atoms with Crippen LogP contribution in [-0.2, 0) is 21.4 Å². The molecule has 0 aromatic heterocycles. The van der Waals surface area contributed by atoms with Crippen LogP contribution in [0.1, 0.15) is 18.1 Å². The molecule has 0 atom stereocenters. The van der Waals surface area contributed by atoms with E-state index in [9.17, 15) is 13.2 Å². The molecular formula is C17H20N2O4S. The minimum Gasteiger partial charge on any atom is -0.495 e. The summed E-state index contributed by atoms with van der Waals surface area (Å²) in [7, 11) is -2.27. The first-order valence-corrected chi connectivity index (χ1v) is 8.81. The lowest BCUT2D eigenvalue weighted by Crippen LogP contribution is -2.24. The Balaban J connectivity index is 2.25. The van der Waals surface area contributed by atoms with E-state index in [-0.39, 0.29) is 17.3 Å². The van der Waals surface area contributed by atoms with E-state index in [1.807, 2.05) is 31.2 Å². The largest absolute Gasteiger partial charge is 0.495 e. The number of aryl methyl sites for hydroxylation is 1. The van der Waals surface area contributed by atoms with E-state index >= 15 is 0 Å². The van der Waals surface area contributed by atoms with Crippen molar-refractivity contribution in [3.8, 4) is 5.75 Å². The summed E-state index contributed by atoms with van der Waals surface area (Å²) in [5, 5.41) is 2.56. The second kappa shape index (κ2) is 7.46. The van der Waals surface area contributed by atoms with E-state index < -0.39 is 10.0 Å². The van der Waals surface area contributed by atoms with Gasteiger partial charge in [-0.2, -0.15) is 0 Å².